The number of anilines is 1. The summed E-state index contributed by atoms with van der Waals surface area (Å²) in [5.74, 6) is 2.59. The Labute approximate surface area is 127 Å². The standard InChI is InChI=1S/C16H28N4O/c1-3-8-21-15-9-12(2)19-16(20-15)18-11-14-7-5-4-6-13(14)10-17/h9,13-14H,3-8,10-11,17H2,1-2H3,(H,18,19,20). The molecule has 1 aromatic heterocycles. The maximum Gasteiger partial charge on any atom is 0.226 e. The van der Waals surface area contributed by atoms with E-state index in [1.807, 2.05) is 13.0 Å². The SMILES string of the molecule is CCCOc1cc(C)nc(NCC2CCCCC2CN)n1. The molecule has 0 amide bonds. The Balaban J connectivity index is 1.93. The Kier molecular flexibility index (Phi) is 6.23. The maximum atomic E-state index is 5.89. The molecule has 2 rings (SSSR count). The van der Waals surface area contributed by atoms with Crippen molar-refractivity contribution in [3.8, 4) is 5.88 Å². The van der Waals surface area contributed by atoms with Crippen molar-refractivity contribution in [1.82, 2.24) is 9.97 Å². The summed E-state index contributed by atoms with van der Waals surface area (Å²) >= 11 is 0. The fourth-order valence-electron chi connectivity index (χ4n) is 2.99. The van der Waals surface area contributed by atoms with Gasteiger partial charge in [0.05, 0.1) is 6.61 Å². The second-order valence-corrected chi connectivity index (χ2v) is 5.94. The number of nitrogens with one attached hydrogen (secondary N) is 1. The summed E-state index contributed by atoms with van der Waals surface area (Å²) in [6.07, 6.45) is 6.10. The van der Waals surface area contributed by atoms with Crippen molar-refractivity contribution in [3.63, 3.8) is 0 Å². The van der Waals surface area contributed by atoms with E-state index in [0.29, 0.717) is 30.3 Å². The molecule has 1 saturated carbocycles. The topological polar surface area (TPSA) is 73.1 Å². The van der Waals surface area contributed by atoms with Gasteiger partial charge in [-0.1, -0.05) is 19.8 Å². The molecule has 5 heteroatoms. The summed E-state index contributed by atoms with van der Waals surface area (Å²) in [5, 5.41) is 3.38. The van der Waals surface area contributed by atoms with Crippen LogP contribution in [0.25, 0.3) is 0 Å². The van der Waals surface area contributed by atoms with Crippen LogP contribution in [0.15, 0.2) is 6.07 Å². The minimum Gasteiger partial charge on any atom is -0.478 e. The van der Waals surface area contributed by atoms with Crippen LogP contribution in [0.2, 0.25) is 0 Å². The number of hydrogen-bond acceptors (Lipinski definition) is 5. The van der Waals surface area contributed by atoms with Crippen LogP contribution in [0, 0.1) is 18.8 Å². The van der Waals surface area contributed by atoms with Gasteiger partial charge in [0.25, 0.3) is 0 Å². The summed E-state index contributed by atoms with van der Waals surface area (Å²) in [6, 6.07) is 1.88. The highest BCUT2D eigenvalue weighted by atomic mass is 16.5. The van der Waals surface area contributed by atoms with Crippen molar-refractivity contribution < 1.29 is 4.74 Å². The van der Waals surface area contributed by atoms with Crippen LogP contribution in [0.3, 0.4) is 0 Å². The third-order valence-electron chi connectivity index (χ3n) is 4.18. The van der Waals surface area contributed by atoms with E-state index in [1.54, 1.807) is 0 Å². The zero-order valence-electron chi connectivity index (χ0n) is 13.3. The molecular formula is C16H28N4O. The molecule has 21 heavy (non-hydrogen) atoms. The number of ether oxygens (including phenoxy) is 1. The predicted molar refractivity (Wildman–Crippen MR) is 85.5 cm³/mol. The lowest BCUT2D eigenvalue weighted by Crippen LogP contribution is -2.31. The van der Waals surface area contributed by atoms with Crippen molar-refractivity contribution in [2.45, 2.75) is 46.0 Å². The molecule has 0 saturated heterocycles. The number of aryl methyl sites for hydroxylation is 1. The average molecular weight is 292 g/mol. The van der Waals surface area contributed by atoms with Crippen molar-refractivity contribution in [2.24, 2.45) is 17.6 Å². The number of hydrogen-bond donors (Lipinski definition) is 2. The zero-order chi connectivity index (χ0) is 15.1. The lowest BCUT2D eigenvalue weighted by molar-refractivity contribution is 0.254. The predicted octanol–water partition coefficient (Wildman–Crippen LogP) is 2.75. The molecule has 2 atom stereocenters. The number of nitrogens with two attached hydrogens (primary N) is 1. The quantitative estimate of drug-likeness (QED) is 0.808. The molecule has 5 nitrogen and oxygen atoms in total. The number of aromatic nitrogens is 2. The number of rotatable bonds is 7. The van der Waals surface area contributed by atoms with Crippen LogP contribution in [-0.2, 0) is 0 Å². The first-order valence-electron chi connectivity index (χ1n) is 8.15. The Morgan fingerprint density at radius 1 is 1.29 bits per heavy atom. The van der Waals surface area contributed by atoms with Gasteiger partial charge in [0.15, 0.2) is 0 Å². The summed E-state index contributed by atoms with van der Waals surface area (Å²) in [5.41, 5.74) is 6.82. The highest BCUT2D eigenvalue weighted by Gasteiger charge is 2.23. The first kappa shape index (κ1) is 16.0. The van der Waals surface area contributed by atoms with Crippen LogP contribution in [0.4, 0.5) is 5.95 Å². The van der Waals surface area contributed by atoms with E-state index in [2.05, 4.69) is 22.2 Å². The Morgan fingerprint density at radius 3 is 2.76 bits per heavy atom. The molecule has 1 aliphatic rings. The minimum atomic E-state index is 0.631. The molecule has 0 spiro atoms. The fourth-order valence-corrected chi connectivity index (χ4v) is 2.99. The summed E-state index contributed by atoms with van der Waals surface area (Å²) in [4.78, 5) is 8.87. The van der Waals surface area contributed by atoms with Gasteiger partial charge in [-0.2, -0.15) is 4.98 Å². The van der Waals surface area contributed by atoms with Crippen LogP contribution < -0.4 is 15.8 Å². The molecule has 118 valence electrons. The molecule has 1 aliphatic carbocycles. The van der Waals surface area contributed by atoms with Crippen molar-refractivity contribution in [2.75, 3.05) is 25.0 Å². The van der Waals surface area contributed by atoms with Gasteiger partial charge in [0.1, 0.15) is 0 Å². The second kappa shape index (κ2) is 8.17. The van der Waals surface area contributed by atoms with Crippen LogP contribution in [0.5, 0.6) is 5.88 Å². The second-order valence-electron chi connectivity index (χ2n) is 5.94. The highest BCUT2D eigenvalue weighted by Crippen LogP contribution is 2.29. The maximum absolute atomic E-state index is 5.89. The van der Waals surface area contributed by atoms with Crippen molar-refractivity contribution in [1.29, 1.82) is 0 Å². The molecule has 0 aliphatic heterocycles. The zero-order valence-corrected chi connectivity index (χ0v) is 13.3. The van der Waals surface area contributed by atoms with Gasteiger partial charge in [-0.3, -0.25) is 0 Å². The number of nitrogens with zero attached hydrogens (tertiary/aromatic N) is 2. The van der Waals surface area contributed by atoms with Crippen LogP contribution >= 0.6 is 0 Å². The molecule has 2 unspecified atom stereocenters. The molecular weight excluding hydrogens is 264 g/mol. The lowest BCUT2D eigenvalue weighted by Gasteiger charge is -2.30. The molecule has 1 heterocycles. The first-order chi connectivity index (χ1) is 10.2. The monoisotopic (exact) mass is 292 g/mol. The third-order valence-corrected chi connectivity index (χ3v) is 4.18. The molecule has 1 aromatic rings. The van der Waals surface area contributed by atoms with Crippen molar-refractivity contribution in [3.05, 3.63) is 11.8 Å². The summed E-state index contributed by atoms with van der Waals surface area (Å²) in [6.45, 7) is 6.43. The van der Waals surface area contributed by atoms with Gasteiger partial charge in [0.2, 0.25) is 11.8 Å². The van der Waals surface area contributed by atoms with E-state index in [1.165, 1.54) is 25.7 Å². The van der Waals surface area contributed by atoms with Gasteiger partial charge in [0, 0.05) is 18.3 Å². The van der Waals surface area contributed by atoms with Gasteiger partial charge < -0.3 is 15.8 Å². The normalized spacial score (nSPS) is 22.0. The molecule has 0 aromatic carbocycles. The molecule has 0 radical (unpaired) electrons. The minimum absolute atomic E-state index is 0.631. The van der Waals surface area contributed by atoms with Crippen LogP contribution in [0.1, 0.15) is 44.7 Å². The van der Waals surface area contributed by atoms with E-state index in [0.717, 1.165) is 25.2 Å². The highest BCUT2D eigenvalue weighted by molar-refractivity contribution is 5.30. The van der Waals surface area contributed by atoms with E-state index in [4.69, 9.17) is 10.5 Å². The van der Waals surface area contributed by atoms with E-state index in [-0.39, 0.29) is 0 Å². The molecule has 3 N–H and O–H groups in total. The van der Waals surface area contributed by atoms with Crippen LogP contribution in [-0.4, -0.2) is 29.7 Å². The third kappa shape index (κ3) is 4.84. The first-order valence-corrected chi connectivity index (χ1v) is 8.15. The molecule has 1 fully saturated rings. The van der Waals surface area contributed by atoms with E-state index in [9.17, 15) is 0 Å². The Bertz CT molecular complexity index is 438. The summed E-state index contributed by atoms with van der Waals surface area (Å²) in [7, 11) is 0. The van der Waals surface area contributed by atoms with Gasteiger partial charge >= 0.3 is 0 Å². The van der Waals surface area contributed by atoms with Gasteiger partial charge in [-0.05, 0) is 44.6 Å². The molecule has 0 bridgehead atoms. The van der Waals surface area contributed by atoms with E-state index >= 15 is 0 Å². The Hall–Kier alpha value is -1.36. The van der Waals surface area contributed by atoms with Gasteiger partial charge in [-0.15, -0.1) is 0 Å². The van der Waals surface area contributed by atoms with E-state index < -0.39 is 0 Å². The fraction of sp³-hybridized carbons (Fsp3) is 0.750. The largest absolute Gasteiger partial charge is 0.478 e. The lowest BCUT2D eigenvalue weighted by atomic mass is 9.79. The smallest absolute Gasteiger partial charge is 0.226 e. The van der Waals surface area contributed by atoms with Gasteiger partial charge in [-0.25, -0.2) is 4.98 Å². The average Bonchev–Trinajstić information content (AvgIpc) is 2.50. The summed E-state index contributed by atoms with van der Waals surface area (Å²) < 4.78 is 5.60. The Morgan fingerprint density at radius 2 is 2.05 bits per heavy atom. The van der Waals surface area contributed by atoms with Crippen molar-refractivity contribution >= 4 is 5.95 Å².